The SMILES string of the molecule is Cn1cncc1CC(OCc1ccc(CCc2ccc(F)cc2)c(C(=O)O)c1)c1nccs1. The van der Waals surface area contributed by atoms with Crippen LogP contribution in [0, 0.1) is 5.82 Å². The topological polar surface area (TPSA) is 77.2 Å². The minimum atomic E-state index is -0.975. The number of imidazole rings is 1. The van der Waals surface area contributed by atoms with Crippen LogP contribution in [-0.4, -0.2) is 25.6 Å². The number of carboxylic acid groups (broad SMARTS) is 1. The lowest BCUT2D eigenvalue weighted by Crippen LogP contribution is -2.11. The number of hydrogen-bond donors (Lipinski definition) is 1. The first kappa shape index (κ1) is 22.8. The van der Waals surface area contributed by atoms with Crippen molar-refractivity contribution >= 4 is 17.3 Å². The van der Waals surface area contributed by atoms with Crippen molar-refractivity contribution in [2.24, 2.45) is 7.05 Å². The van der Waals surface area contributed by atoms with Crippen molar-refractivity contribution in [3.8, 4) is 0 Å². The Balaban J connectivity index is 1.46. The number of aromatic nitrogens is 3. The molecule has 6 nitrogen and oxygen atoms in total. The van der Waals surface area contributed by atoms with Crippen LogP contribution in [0.3, 0.4) is 0 Å². The second-order valence-electron chi connectivity index (χ2n) is 7.79. The van der Waals surface area contributed by atoms with Gasteiger partial charge in [-0.05, 0) is 47.7 Å². The molecular formula is C25H24FN3O3S. The highest BCUT2D eigenvalue weighted by Crippen LogP contribution is 2.26. The fraction of sp³-hybridized carbons (Fsp3) is 0.240. The zero-order chi connectivity index (χ0) is 23.2. The Morgan fingerprint density at radius 3 is 2.64 bits per heavy atom. The van der Waals surface area contributed by atoms with Gasteiger partial charge in [-0.25, -0.2) is 19.2 Å². The van der Waals surface area contributed by atoms with E-state index in [4.69, 9.17) is 4.74 Å². The van der Waals surface area contributed by atoms with Gasteiger partial charge in [-0.1, -0.05) is 24.3 Å². The molecular weight excluding hydrogens is 441 g/mol. The number of thiazole rings is 1. The van der Waals surface area contributed by atoms with Crippen LogP contribution >= 0.6 is 11.3 Å². The molecule has 1 N–H and O–H groups in total. The Bertz CT molecular complexity index is 1210. The Labute approximate surface area is 195 Å². The molecule has 0 saturated carbocycles. The summed E-state index contributed by atoms with van der Waals surface area (Å²) in [5, 5.41) is 12.5. The van der Waals surface area contributed by atoms with Gasteiger partial charge in [-0.2, -0.15) is 0 Å². The van der Waals surface area contributed by atoms with E-state index < -0.39 is 5.97 Å². The van der Waals surface area contributed by atoms with E-state index in [1.165, 1.54) is 23.5 Å². The number of carboxylic acids is 1. The molecule has 4 rings (SSSR count). The highest BCUT2D eigenvalue weighted by atomic mass is 32.1. The zero-order valence-corrected chi connectivity index (χ0v) is 19.0. The Morgan fingerprint density at radius 1 is 1.18 bits per heavy atom. The number of rotatable bonds is 10. The zero-order valence-electron chi connectivity index (χ0n) is 18.1. The monoisotopic (exact) mass is 465 g/mol. The molecule has 0 radical (unpaired) electrons. The number of aryl methyl sites for hydroxylation is 3. The highest BCUT2D eigenvalue weighted by Gasteiger charge is 2.19. The van der Waals surface area contributed by atoms with Gasteiger partial charge in [0.2, 0.25) is 0 Å². The quantitative estimate of drug-likeness (QED) is 0.357. The van der Waals surface area contributed by atoms with Gasteiger partial charge in [-0.3, -0.25) is 0 Å². The molecule has 170 valence electrons. The number of ether oxygens (including phenoxy) is 1. The first-order chi connectivity index (χ1) is 16.0. The molecule has 4 aromatic rings. The van der Waals surface area contributed by atoms with Crippen LogP contribution in [0.15, 0.2) is 66.6 Å². The predicted octanol–water partition coefficient (Wildman–Crippen LogP) is 5.00. The molecule has 0 aliphatic rings. The van der Waals surface area contributed by atoms with Crippen LogP contribution in [0.25, 0.3) is 0 Å². The first-order valence-electron chi connectivity index (χ1n) is 10.6. The standard InChI is InChI=1S/C25H24FN3O3S/c1-29-16-27-14-21(29)13-23(24-28-10-11-33-24)32-15-18-3-7-19(22(12-18)25(30)31)6-2-17-4-8-20(26)9-5-17/h3-5,7-12,14,16,23H,2,6,13,15H2,1H3,(H,30,31). The Morgan fingerprint density at radius 2 is 1.97 bits per heavy atom. The lowest BCUT2D eigenvalue weighted by Gasteiger charge is -2.17. The summed E-state index contributed by atoms with van der Waals surface area (Å²) < 4.78 is 21.3. The summed E-state index contributed by atoms with van der Waals surface area (Å²) in [6, 6.07) is 11.7. The summed E-state index contributed by atoms with van der Waals surface area (Å²) in [6.07, 6.45) is 6.85. The van der Waals surface area contributed by atoms with Gasteiger partial charge < -0.3 is 14.4 Å². The van der Waals surface area contributed by atoms with E-state index in [9.17, 15) is 14.3 Å². The van der Waals surface area contributed by atoms with Gasteiger partial charge in [0, 0.05) is 36.9 Å². The molecule has 0 saturated heterocycles. The number of hydrogen-bond acceptors (Lipinski definition) is 5. The maximum Gasteiger partial charge on any atom is 0.335 e. The van der Waals surface area contributed by atoms with E-state index in [0.29, 0.717) is 19.3 Å². The largest absolute Gasteiger partial charge is 0.478 e. The van der Waals surface area contributed by atoms with Gasteiger partial charge in [-0.15, -0.1) is 11.3 Å². The third-order valence-corrected chi connectivity index (χ3v) is 6.36. The van der Waals surface area contributed by atoms with Crippen LogP contribution in [-0.2, 0) is 37.7 Å². The van der Waals surface area contributed by atoms with E-state index in [1.54, 1.807) is 30.7 Å². The summed E-state index contributed by atoms with van der Waals surface area (Å²) in [4.78, 5) is 20.5. The summed E-state index contributed by atoms with van der Waals surface area (Å²) in [7, 11) is 1.94. The molecule has 2 heterocycles. The molecule has 33 heavy (non-hydrogen) atoms. The third-order valence-electron chi connectivity index (χ3n) is 5.49. The molecule has 0 aliphatic carbocycles. The fourth-order valence-corrected chi connectivity index (χ4v) is 4.33. The summed E-state index contributed by atoms with van der Waals surface area (Å²) >= 11 is 1.53. The van der Waals surface area contributed by atoms with Crippen LogP contribution in [0.1, 0.15) is 43.9 Å². The van der Waals surface area contributed by atoms with Crippen LogP contribution < -0.4 is 0 Å². The second kappa shape index (κ2) is 10.5. The summed E-state index contributed by atoms with van der Waals surface area (Å²) in [6.45, 7) is 0.265. The lowest BCUT2D eigenvalue weighted by molar-refractivity contribution is 0.0386. The molecule has 2 aromatic heterocycles. The smallest absolute Gasteiger partial charge is 0.335 e. The van der Waals surface area contributed by atoms with E-state index in [1.807, 2.05) is 35.3 Å². The average molecular weight is 466 g/mol. The fourth-order valence-electron chi connectivity index (χ4n) is 3.64. The number of halogens is 1. The van der Waals surface area contributed by atoms with Gasteiger partial charge in [0.1, 0.15) is 16.9 Å². The van der Waals surface area contributed by atoms with Crippen molar-refractivity contribution in [2.75, 3.05) is 0 Å². The summed E-state index contributed by atoms with van der Waals surface area (Å²) in [5.41, 5.74) is 3.77. The highest BCUT2D eigenvalue weighted by molar-refractivity contribution is 7.09. The van der Waals surface area contributed by atoms with E-state index in [2.05, 4.69) is 9.97 Å². The molecule has 0 amide bonds. The number of carbonyl (C=O) groups is 1. The Kier molecular flexibility index (Phi) is 7.26. The predicted molar refractivity (Wildman–Crippen MR) is 124 cm³/mol. The molecule has 0 spiro atoms. The van der Waals surface area contributed by atoms with Crippen molar-refractivity contribution < 1.29 is 19.0 Å². The maximum atomic E-state index is 13.1. The first-order valence-corrected chi connectivity index (χ1v) is 11.4. The van der Waals surface area contributed by atoms with Crippen LogP contribution in [0.2, 0.25) is 0 Å². The molecule has 8 heteroatoms. The number of aromatic carboxylic acids is 1. The molecule has 1 unspecified atom stereocenters. The minimum absolute atomic E-state index is 0.258. The van der Waals surface area contributed by atoms with Crippen LogP contribution in [0.4, 0.5) is 4.39 Å². The average Bonchev–Trinajstić information content (AvgIpc) is 3.48. The van der Waals surface area contributed by atoms with E-state index in [0.717, 1.165) is 27.4 Å². The normalized spacial score (nSPS) is 12.1. The minimum Gasteiger partial charge on any atom is -0.478 e. The van der Waals surface area contributed by atoms with E-state index in [-0.39, 0.29) is 24.1 Å². The molecule has 0 fully saturated rings. The number of nitrogens with zero attached hydrogens (tertiary/aromatic N) is 3. The van der Waals surface area contributed by atoms with Gasteiger partial charge in [0.15, 0.2) is 0 Å². The van der Waals surface area contributed by atoms with Gasteiger partial charge in [0.25, 0.3) is 0 Å². The maximum absolute atomic E-state index is 13.1. The lowest BCUT2D eigenvalue weighted by atomic mass is 9.98. The van der Waals surface area contributed by atoms with Crippen molar-refractivity contribution in [2.45, 2.75) is 32.0 Å². The molecule has 0 bridgehead atoms. The molecule has 2 aromatic carbocycles. The van der Waals surface area contributed by atoms with Crippen molar-refractivity contribution in [1.29, 1.82) is 0 Å². The van der Waals surface area contributed by atoms with E-state index >= 15 is 0 Å². The van der Waals surface area contributed by atoms with Crippen molar-refractivity contribution in [1.82, 2.24) is 14.5 Å². The van der Waals surface area contributed by atoms with Crippen molar-refractivity contribution in [3.63, 3.8) is 0 Å². The Hall–Kier alpha value is -3.36. The van der Waals surface area contributed by atoms with Gasteiger partial charge >= 0.3 is 5.97 Å². The number of benzene rings is 2. The second-order valence-corrected chi connectivity index (χ2v) is 8.72. The third kappa shape index (κ3) is 5.91. The van der Waals surface area contributed by atoms with Gasteiger partial charge in [0.05, 0.1) is 18.5 Å². The summed E-state index contributed by atoms with van der Waals surface area (Å²) in [5.74, 6) is -1.26. The molecule has 1 atom stereocenters. The van der Waals surface area contributed by atoms with Crippen molar-refractivity contribution in [3.05, 3.63) is 105 Å². The van der Waals surface area contributed by atoms with Crippen LogP contribution in [0.5, 0.6) is 0 Å². The molecule has 0 aliphatic heterocycles.